The average molecular weight is 202 g/mol. The van der Waals surface area contributed by atoms with Gasteiger partial charge < -0.3 is 10.8 Å². The van der Waals surface area contributed by atoms with E-state index in [1.807, 2.05) is 0 Å². The lowest BCUT2D eigenvalue weighted by atomic mass is 10.1. The van der Waals surface area contributed by atoms with Crippen molar-refractivity contribution in [2.75, 3.05) is 19.6 Å². The van der Waals surface area contributed by atoms with E-state index in [2.05, 4.69) is 32.6 Å². The molecule has 0 aromatic heterocycles. The van der Waals surface area contributed by atoms with Crippen LogP contribution in [0.15, 0.2) is 0 Å². The van der Waals surface area contributed by atoms with Crippen molar-refractivity contribution in [2.24, 2.45) is 11.7 Å². The Hall–Kier alpha value is -0.120. The molecule has 3 N–H and O–H groups in total. The van der Waals surface area contributed by atoms with Gasteiger partial charge in [0.15, 0.2) is 0 Å². The first-order valence-electron chi connectivity index (χ1n) is 5.63. The third-order valence-electron chi connectivity index (χ3n) is 2.69. The zero-order valence-corrected chi connectivity index (χ0v) is 10.0. The fraction of sp³-hybridized carbons (Fsp3) is 1.00. The molecule has 0 bridgehead atoms. The zero-order chi connectivity index (χ0) is 11.1. The van der Waals surface area contributed by atoms with Crippen LogP contribution in [0.25, 0.3) is 0 Å². The lowest BCUT2D eigenvalue weighted by Gasteiger charge is -2.30. The van der Waals surface area contributed by atoms with Crippen LogP contribution in [0.3, 0.4) is 0 Å². The summed E-state index contributed by atoms with van der Waals surface area (Å²) < 4.78 is 0. The van der Waals surface area contributed by atoms with E-state index in [9.17, 15) is 5.11 Å². The Bertz CT molecular complexity index is 127. The minimum atomic E-state index is -0.388. The highest BCUT2D eigenvalue weighted by atomic mass is 16.3. The number of nitrogens with two attached hydrogens (primary N) is 1. The van der Waals surface area contributed by atoms with Crippen LogP contribution in [0.4, 0.5) is 0 Å². The van der Waals surface area contributed by atoms with Gasteiger partial charge in [-0.25, -0.2) is 0 Å². The van der Waals surface area contributed by atoms with Gasteiger partial charge in [0.2, 0.25) is 0 Å². The Morgan fingerprint density at radius 3 is 2.14 bits per heavy atom. The van der Waals surface area contributed by atoms with Crippen LogP contribution in [-0.4, -0.2) is 41.8 Å². The van der Waals surface area contributed by atoms with Crippen molar-refractivity contribution in [2.45, 2.75) is 46.3 Å². The molecule has 2 atom stereocenters. The Kier molecular flexibility index (Phi) is 7.15. The lowest BCUT2D eigenvalue weighted by molar-refractivity contribution is 0.0905. The van der Waals surface area contributed by atoms with E-state index in [0.29, 0.717) is 25.0 Å². The lowest BCUT2D eigenvalue weighted by Crippen LogP contribution is -2.42. The van der Waals surface area contributed by atoms with Gasteiger partial charge in [0.25, 0.3) is 0 Å². The third-order valence-corrected chi connectivity index (χ3v) is 2.69. The van der Waals surface area contributed by atoms with Crippen LogP contribution in [0, 0.1) is 5.92 Å². The molecule has 0 aromatic rings. The third kappa shape index (κ3) is 5.58. The Labute approximate surface area is 88.3 Å². The molecule has 14 heavy (non-hydrogen) atoms. The number of hydrogen-bond acceptors (Lipinski definition) is 3. The largest absolute Gasteiger partial charge is 0.390 e. The smallest absolute Gasteiger partial charge is 0.0789 e. The van der Waals surface area contributed by atoms with Crippen LogP contribution in [0.5, 0.6) is 0 Å². The molecule has 0 heterocycles. The summed E-state index contributed by atoms with van der Waals surface area (Å²) in [6.07, 6.45) is 0.795. The molecule has 0 spiro atoms. The maximum Gasteiger partial charge on any atom is 0.0789 e. The summed E-state index contributed by atoms with van der Waals surface area (Å²) in [5.41, 5.74) is 5.41. The molecule has 0 saturated heterocycles. The standard InChI is InChI=1S/C11H26N2O/c1-5-10(4)7-13(9(2)3)8-11(14)6-12/h9-11,14H,5-8,12H2,1-4H3. The van der Waals surface area contributed by atoms with Crippen molar-refractivity contribution < 1.29 is 5.11 Å². The van der Waals surface area contributed by atoms with Gasteiger partial charge in [0, 0.05) is 25.7 Å². The molecule has 0 radical (unpaired) electrons. The number of rotatable bonds is 7. The summed E-state index contributed by atoms with van der Waals surface area (Å²) >= 11 is 0. The Morgan fingerprint density at radius 1 is 1.21 bits per heavy atom. The molecular weight excluding hydrogens is 176 g/mol. The summed E-state index contributed by atoms with van der Waals surface area (Å²) in [5.74, 6) is 0.683. The second-order valence-electron chi connectivity index (χ2n) is 4.45. The summed E-state index contributed by atoms with van der Waals surface area (Å²) in [6, 6.07) is 0.477. The van der Waals surface area contributed by atoms with Crippen molar-refractivity contribution in [1.82, 2.24) is 4.90 Å². The second-order valence-corrected chi connectivity index (χ2v) is 4.45. The summed E-state index contributed by atoms with van der Waals surface area (Å²) in [6.45, 7) is 10.8. The summed E-state index contributed by atoms with van der Waals surface area (Å²) in [5, 5.41) is 9.50. The fourth-order valence-corrected chi connectivity index (χ4v) is 1.37. The first-order valence-corrected chi connectivity index (χ1v) is 5.63. The quantitative estimate of drug-likeness (QED) is 0.649. The number of hydrogen-bond donors (Lipinski definition) is 2. The molecule has 3 nitrogen and oxygen atoms in total. The van der Waals surface area contributed by atoms with Crippen molar-refractivity contribution in [3.8, 4) is 0 Å². The molecule has 0 amide bonds. The van der Waals surface area contributed by atoms with Crippen LogP contribution in [0.1, 0.15) is 34.1 Å². The molecule has 86 valence electrons. The predicted molar refractivity (Wildman–Crippen MR) is 61.2 cm³/mol. The maximum atomic E-state index is 9.50. The van der Waals surface area contributed by atoms with E-state index in [1.54, 1.807) is 0 Å². The van der Waals surface area contributed by atoms with E-state index in [0.717, 1.165) is 6.54 Å². The summed E-state index contributed by atoms with van der Waals surface area (Å²) in [4.78, 5) is 2.30. The van der Waals surface area contributed by atoms with Crippen LogP contribution < -0.4 is 5.73 Å². The number of nitrogens with zero attached hydrogens (tertiary/aromatic N) is 1. The molecule has 0 aromatic carbocycles. The molecule has 0 rings (SSSR count). The van der Waals surface area contributed by atoms with E-state index in [4.69, 9.17) is 5.73 Å². The van der Waals surface area contributed by atoms with E-state index in [-0.39, 0.29) is 6.10 Å². The van der Waals surface area contributed by atoms with Gasteiger partial charge in [-0.05, 0) is 19.8 Å². The van der Waals surface area contributed by atoms with E-state index < -0.39 is 0 Å². The second kappa shape index (κ2) is 7.21. The monoisotopic (exact) mass is 202 g/mol. The highest BCUT2D eigenvalue weighted by Gasteiger charge is 2.15. The molecule has 0 saturated carbocycles. The molecule has 0 aliphatic carbocycles. The van der Waals surface area contributed by atoms with Gasteiger partial charge in [0.05, 0.1) is 6.10 Å². The van der Waals surface area contributed by atoms with Gasteiger partial charge in [-0.3, -0.25) is 4.90 Å². The van der Waals surface area contributed by atoms with Crippen LogP contribution in [0.2, 0.25) is 0 Å². The highest BCUT2D eigenvalue weighted by Crippen LogP contribution is 2.08. The maximum absolute atomic E-state index is 9.50. The average Bonchev–Trinajstić information content (AvgIpc) is 2.16. The van der Waals surface area contributed by atoms with Crippen LogP contribution >= 0.6 is 0 Å². The van der Waals surface area contributed by atoms with Gasteiger partial charge in [-0.15, -0.1) is 0 Å². The topological polar surface area (TPSA) is 49.5 Å². The number of aliphatic hydroxyl groups is 1. The van der Waals surface area contributed by atoms with Gasteiger partial charge in [-0.2, -0.15) is 0 Å². The molecule has 3 heteroatoms. The van der Waals surface area contributed by atoms with E-state index >= 15 is 0 Å². The SMILES string of the molecule is CCC(C)CN(CC(O)CN)C(C)C. The molecule has 0 aliphatic rings. The van der Waals surface area contributed by atoms with Gasteiger partial charge in [0.1, 0.15) is 0 Å². The fourth-order valence-electron chi connectivity index (χ4n) is 1.37. The van der Waals surface area contributed by atoms with Crippen LogP contribution in [-0.2, 0) is 0 Å². The van der Waals surface area contributed by atoms with Gasteiger partial charge in [-0.1, -0.05) is 20.3 Å². The Morgan fingerprint density at radius 2 is 1.79 bits per heavy atom. The zero-order valence-electron chi connectivity index (χ0n) is 10.0. The van der Waals surface area contributed by atoms with Crippen molar-refractivity contribution >= 4 is 0 Å². The minimum Gasteiger partial charge on any atom is -0.390 e. The first-order chi connectivity index (χ1) is 6.51. The highest BCUT2D eigenvalue weighted by molar-refractivity contribution is 4.70. The van der Waals surface area contributed by atoms with Crippen molar-refractivity contribution in [1.29, 1.82) is 0 Å². The van der Waals surface area contributed by atoms with Crippen molar-refractivity contribution in [3.05, 3.63) is 0 Å². The molecule has 2 unspecified atom stereocenters. The normalized spacial score (nSPS) is 16.3. The first kappa shape index (κ1) is 13.9. The van der Waals surface area contributed by atoms with Gasteiger partial charge >= 0.3 is 0 Å². The van der Waals surface area contributed by atoms with Crippen molar-refractivity contribution in [3.63, 3.8) is 0 Å². The van der Waals surface area contributed by atoms with E-state index in [1.165, 1.54) is 6.42 Å². The summed E-state index contributed by atoms with van der Waals surface area (Å²) in [7, 11) is 0. The number of aliphatic hydroxyl groups excluding tert-OH is 1. The molecular formula is C11H26N2O. The minimum absolute atomic E-state index is 0.351. The molecule has 0 aliphatic heterocycles. The molecule has 0 fully saturated rings. The Balaban J connectivity index is 4.02. The predicted octanol–water partition coefficient (Wildman–Crippen LogP) is 1.06.